The van der Waals surface area contributed by atoms with Gasteiger partial charge in [0.25, 0.3) is 5.78 Å². The van der Waals surface area contributed by atoms with E-state index in [0.29, 0.717) is 6.92 Å². The highest BCUT2D eigenvalue weighted by atomic mass is 19.4. The molecule has 0 radical (unpaired) electrons. The molecule has 0 unspecified atom stereocenters. The molecular weight excluding hydrogens is 414 g/mol. The van der Waals surface area contributed by atoms with E-state index in [1.54, 1.807) is 13.2 Å². The van der Waals surface area contributed by atoms with Crippen molar-refractivity contribution in [1.82, 2.24) is 0 Å². The van der Waals surface area contributed by atoms with Gasteiger partial charge < -0.3 is 14.2 Å². The van der Waals surface area contributed by atoms with Gasteiger partial charge in [-0.15, -0.1) is 0 Å². The second-order valence-electron chi connectivity index (χ2n) is 4.39. The van der Waals surface area contributed by atoms with Crippen LogP contribution in [0.1, 0.15) is 42.0 Å². The van der Waals surface area contributed by atoms with Crippen molar-refractivity contribution >= 4 is 17.7 Å². The minimum atomic E-state index is -5.09. The van der Waals surface area contributed by atoms with E-state index in [9.17, 15) is 40.7 Å². The van der Waals surface area contributed by atoms with Gasteiger partial charge in [0.15, 0.2) is 0 Å². The Balaban J connectivity index is -0.000000167. The number of esters is 2. The van der Waals surface area contributed by atoms with Crippen molar-refractivity contribution in [2.24, 2.45) is 0 Å². The fourth-order valence-electron chi connectivity index (χ4n) is 0.866. The van der Waals surface area contributed by atoms with Crippen LogP contribution in [-0.2, 0) is 28.6 Å². The monoisotopic (exact) mass is 440 g/mol. The highest BCUT2D eigenvalue weighted by Gasteiger charge is 2.42. The number of allylic oxidation sites excluding steroid dienone is 2. The summed E-state index contributed by atoms with van der Waals surface area (Å²) in [5.74, 6) is -5.63. The van der Waals surface area contributed by atoms with Crippen LogP contribution in [0.4, 0.5) is 26.3 Å². The van der Waals surface area contributed by atoms with E-state index in [1.165, 1.54) is 0 Å². The van der Waals surface area contributed by atoms with Crippen molar-refractivity contribution in [3.05, 3.63) is 24.2 Å². The Kier molecular flexibility index (Phi) is 20.6. The Labute approximate surface area is 165 Å². The zero-order chi connectivity index (χ0) is 23.0. The Morgan fingerprint density at radius 3 is 1.52 bits per heavy atom. The van der Waals surface area contributed by atoms with Crippen molar-refractivity contribution < 1.29 is 54.9 Å². The van der Waals surface area contributed by atoms with Gasteiger partial charge in [-0.2, -0.15) is 26.3 Å². The standard InChI is InChI=1S/C7H9F3O2.C5H10O.C4H3F3O3.CH4/c1-3-12-4-5(2)6(11)7(8,9)10;1-3-5-6-4-2;1-2(8)10-3(9)4(5,6)7;/h4H,3H2,1-2H3;3,5H,4H2,1-2H3;1H3;1H4/b5-4+;5-3+;;. The lowest BCUT2D eigenvalue weighted by atomic mass is 10.2. The molecule has 0 amide bonds. The van der Waals surface area contributed by atoms with Gasteiger partial charge in [-0.1, -0.05) is 13.5 Å². The summed E-state index contributed by atoms with van der Waals surface area (Å²) >= 11 is 0. The van der Waals surface area contributed by atoms with Gasteiger partial charge >= 0.3 is 24.3 Å². The molecule has 0 heterocycles. The summed E-state index contributed by atoms with van der Waals surface area (Å²) in [7, 11) is 0. The zero-order valence-electron chi connectivity index (χ0n) is 15.9. The van der Waals surface area contributed by atoms with Gasteiger partial charge in [-0.05, 0) is 27.7 Å². The molecule has 0 bridgehead atoms. The third-order valence-electron chi connectivity index (χ3n) is 1.91. The molecule has 6 nitrogen and oxygen atoms in total. The maximum atomic E-state index is 11.7. The lowest BCUT2D eigenvalue weighted by Gasteiger charge is -2.04. The van der Waals surface area contributed by atoms with Crippen molar-refractivity contribution in [1.29, 1.82) is 0 Å². The van der Waals surface area contributed by atoms with E-state index >= 15 is 0 Å². The molecule has 0 spiro atoms. The van der Waals surface area contributed by atoms with E-state index in [-0.39, 0.29) is 14.0 Å². The van der Waals surface area contributed by atoms with E-state index in [4.69, 9.17) is 4.74 Å². The largest absolute Gasteiger partial charge is 0.502 e. The topological polar surface area (TPSA) is 78.9 Å². The zero-order valence-corrected chi connectivity index (χ0v) is 15.9. The number of rotatable bonds is 5. The third kappa shape index (κ3) is 23.4. The van der Waals surface area contributed by atoms with Gasteiger partial charge in [0, 0.05) is 12.5 Å². The van der Waals surface area contributed by atoms with Crippen LogP contribution in [0.5, 0.6) is 0 Å². The predicted octanol–water partition coefficient (Wildman–Crippen LogP) is 4.89. The highest BCUT2D eigenvalue weighted by molar-refractivity contribution is 5.98. The van der Waals surface area contributed by atoms with Crippen molar-refractivity contribution in [2.75, 3.05) is 13.2 Å². The van der Waals surface area contributed by atoms with Gasteiger partial charge in [-0.25, -0.2) is 4.79 Å². The summed E-state index contributed by atoms with van der Waals surface area (Å²) in [5, 5.41) is 0. The molecule has 0 aromatic carbocycles. The third-order valence-corrected chi connectivity index (χ3v) is 1.91. The maximum Gasteiger partial charge on any atom is 0.491 e. The Hall–Kier alpha value is -2.53. The summed E-state index contributed by atoms with van der Waals surface area (Å²) in [4.78, 5) is 29.9. The fraction of sp³-hybridized carbons (Fsp3) is 0.588. The lowest BCUT2D eigenvalue weighted by Crippen LogP contribution is -2.26. The molecule has 0 aliphatic carbocycles. The number of carbonyl (C=O) groups excluding carboxylic acids is 3. The first-order chi connectivity index (χ1) is 12.6. The number of alkyl halides is 6. The normalized spacial score (nSPS) is 11.1. The summed E-state index contributed by atoms with van der Waals surface area (Å²) in [5.41, 5.74) is -0.440. The molecule has 29 heavy (non-hydrogen) atoms. The SMILES string of the molecule is C.C/C=C/OCC.CC(=O)OC(=O)C(F)(F)F.CCO/C=C(\C)C(=O)C(F)(F)F. The number of Topliss-reactive ketones (excluding diaryl/α,β-unsaturated/α-hetero) is 1. The molecular formula is C17H26F6O6. The average Bonchev–Trinajstić information content (AvgIpc) is 2.56. The highest BCUT2D eigenvalue weighted by Crippen LogP contribution is 2.20. The smallest absolute Gasteiger partial charge is 0.491 e. The Morgan fingerprint density at radius 1 is 0.862 bits per heavy atom. The number of ether oxygens (including phenoxy) is 3. The summed E-state index contributed by atoms with van der Waals surface area (Å²) < 4.78 is 81.1. The first kappa shape index (κ1) is 34.0. The molecule has 0 N–H and O–H groups in total. The summed E-state index contributed by atoms with van der Waals surface area (Å²) in [6, 6.07) is 0. The second-order valence-corrected chi connectivity index (χ2v) is 4.39. The van der Waals surface area contributed by atoms with Crippen LogP contribution in [0.3, 0.4) is 0 Å². The van der Waals surface area contributed by atoms with Gasteiger partial charge in [-0.3, -0.25) is 9.59 Å². The lowest BCUT2D eigenvalue weighted by molar-refractivity contribution is -0.201. The molecule has 12 heteroatoms. The van der Waals surface area contributed by atoms with Crippen LogP contribution in [-0.4, -0.2) is 43.3 Å². The summed E-state index contributed by atoms with van der Waals surface area (Å²) in [6.07, 6.45) is -5.54. The molecule has 0 atom stereocenters. The van der Waals surface area contributed by atoms with E-state index in [1.807, 2.05) is 19.9 Å². The van der Waals surface area contributed by atoms with Crippen LogP contribution in [0.2, 0.25) is 0 Å². The number of carbonyl (C=O) groups is 3. The summed E-state index contributed by atoms with van der Waals surface area (Å²) in [6.45, 7) is 8.28. The van der Waals surface area contributed by atoms with Crippen LogP contribution in [0.25, 0.3) is 0 Å². The first-order valence-electron chi connectivity index (χ1n) is 7.57. The molecule has 0 aliphatic heterocycles. The van der Waals surface area contributed by atoms with E-state index in [0.717, 1.165) is 19.8 Å². The predicted molar refractivity (Wildman–Crippen MR) is 92.4 cm³/mol. The van der Waals surface area contributed by atoms with Crippen molar-refractivity contribution in [3.8, 4) is 0 Å². The molecule has 0 saturated heterocycles. The molecule has 0 fully saturated rings. The molecule has 0 rings (SSSR count). The van der Waals surface area contributed by atoms with Crippen LogP contribution >= 0.6 is 0 Å². The van der Waals surface area contributed by atoms with Crippen LogP contribution < -0.4 is 0 Å². The number of hydrogen-bond donors (Lipinski definition) is 0. The van der Waals surface area contributed by atoms with Gasteiger partial charge in [0.2, 0.25) is 0 Å². The average molecular weight is 440 g/mol. The minimum Gasteiger partial charge on any atom is -0.502 e. The fourth-order valence-corrected chi connectivity index (χ4v) is 0.866. The molecule has 172 valence electrons. The number of ketones is 1. The van der Waals surface area contributed by atoms with Crippen molar-refractivity contribution in [2.45, 2.75) is 54.4 Å². The Bertz CT molecular complexity index is 536. The maximum absolute atomic E-state index is 11.7. The molecule has 0 aromatic rings. The van der Waals surface area contributed by atoms with Gasteiger partial charge in [0.1, 0.15) is 0 Å². The Morgan fingerprint density at radius 2 is 1.31 bits per heavy atom. The molecule has 0 aromatic heterocycles. The quantitative estimate of drug-likeness (QED) is 0.199. The number of hydrogen-bond acceptors (Lipinski definition) is 6. The van der Waals surface area contributed by atoms with Crippen LogP contribution in [0, 0.1) is 0 Å². The second kappa shape index (κ2) is 17.6. The van der Waals surface area contributed by atoms with E-state index < -0.39 is 35.6 Å². The van der Waals surface area contributed by atoms with Crippen molar-refractivity contribution in [3.63, 3.8) is 0 Å². The molecule has 0 saturated carbocycles. The van der Waals surface area contributed by atoms with E-state index in [2.05, 4.69) is 9.47 Å². The number of halogens is 6. The van der Waals surface area contributed by atoms with Gasteiger partial charge in [0.05, 0.1) is 25.7 Å². The molecule has 0 aliphatic rings. The first-order valence-corrected chi connectivity index (χ1v) is 7.57. The minimum absolute atomic E-state index is 0. The van der Waals surface area contributed by atoms with Crippen LogP contribution in [0.15, 0.2) is 24.2 Å².